The van der Waals surface area contributed by atoms with E-state index in [-0.39, 0.29) is 17.1 Å². The van der Waals surface area contributed by atoms with Gasteiger partial charge in [-0.1, -0.05) is 17.7 Å². The Morgan fingerprint density at radius 2 is 1.72 bits per heavy atom. The lowest BCUT2D eigenvalue weighted by molar-refractivity contribution is 0.509. The smallest absolute Gasteiger partial charge is 0.160 e. The summed E-state index contributed by atoms with van der Waals surface area (Å²) in [6, 6.07) is 7.72. The SMILES string of the molecule is Fc1ccc(NCc2c(F)cccc2Cl)cc1F. The molecule has 0 aliphatic rings. The Kier molecular flexibility index (Phi) is 3.77. The quantitative estimate of drug-likeness (QED) is 0.874. The van der Waals surface area contributed by atoms with Gasteiger partial charge in [-0.05, 0) is 24.3 Å². The third kappa shape index (κ3) is 2.76. The van der Waals surface area contributed by atoms with E-state index in [1.807, 2.05) is 0 Å². The van der Waals surface area contributed by atoms with Crippen molar-refractivity contribution >= 4 is 17.3 Å². The zero-order valence-corrected chi connectivity index (χ0v) is 9.94. The van der Waals surface area contributed by atoms with Crippen LogP contribution in [0.4, 0.5) is 18.9 Å². The Balaban J connectivity index is 2.14. The molecule has 0 fully saturated rings. The van der Waals surface area contributed by atoms with Gasteiger partial charge >= 0.3 is 0 Å². The number of nitrogens with one attached hydrogen (secondary N) is 1. The maximum Gasteiger partial charge on any atom is 0.160 e. The molecule has 0 amide bonds. The fourth-order valence-electron chi connectivity index (χ4n) is 1.50. The summed E-state index contributed by atoms with van der Waals surface area (Å²) in [5, 5.41) is 3.06. The van der Waals surface area contributed by atoms with Crippen molar-refractivity contribution in [3.63, 3.8) is 0 Å². The standard InChI is InChI=1S/C13H9ClF3N/c14-10-2-1-3-11(15)9(10)7-18-8-4-5-12(16)13(17)6-8/h1-6,18H,7H2. The first-order chi connectivity index (χ1) is 8.58. The average molecular weight is 272 g/mol. The van der Waals surface area contributed by atoms with Gasteiger partial charge in [0.15, 0.2) is 11.6 Å². The van der Waals surface area contributed by atoms with Gasteiger partial charge in [0.25, 0.3) is 0 Å². The van der Waals surface area contributed by atoms with Crippen LogP contribution in [0.3, 0.4) is 0 Å². The molecule has 2 aromatic carbocycles. The predicted octanol–water partition coefficient (Wildman–Crippen LogP) is 4.37. The number of hydrogen-bond acceptors (Lipinski definition) is 1. The zero-order valence-electron chi connectivity index (χ0n) is 9.18. The summed E-state index contributed by atoms with van der Waals surface area (Å²) >= 11 is 5.84. The van der Waals surface area contributed by atoms with Crippen LogP contribution in [0, 0.1) is 17.5 Å². The fraction of sp³-hybridized carbons (Fsp3) is 0.0769. The van der Waals surface area contributed by atoms with Crippen molar-refractivity contribution in [1.29, 1.82) is 0 Å². The third-order valence-electron chi connectivity index (χ3n) is 2.45. The molecule has 2 aromatic rings. The van der Waals surface area contributed by atoms with Crippen molar-refractivity contribution in [2.45, 2.75) is 6.54 Å². The fourth-order valence-corrected chi connectivity index (χ4v) is 1.73. The molecule has 0 aliphatic heterocycles. The van der Waals surface area contributed by atoms with Crippen LogP contribution in [0.25, 0.3) is 0 Å². The van der Waals surface area contributed by atoms with Crippen LogP contribution < -0.4 is 5.32 Å². The summed E-state index contributed by atoms with van der Waals surface area (Å²) in [6.45, 7) is 0.0938. The van der Waals surface area contributed by atoms with Crippen LogP contribution in [0.15, 0.2) is 36.4 Å². The molecule has 0 unspecified atom stereocenters. The Bertz CT molecular complexity index is 552. The van der Waals surface area contributed by atoms with E-state index in [0.717, 1.165) is 12.1 Å². The van der Waals surface area contributed by atoms with Crippen LogP contribution in [0.1, 0.15) is 5.56 Å². The first-order valence-corrected chi connectivity index (χ1v) is 5.57. The predicted molar refractivity (Wildman–Crippen MR) is 65.1 cm³/mol. The molecule has 0 aliphatic carbocycles. The Labute approximate surface area is 107 Å². The molecule has 18 heavy (non-hydrogen) atoms. The van der Waals surface area contributed by atoms with Crippen LogP contribution in [0.5, 0.6) is 0 Å². The Morgan fingerprint density at radius 3 is 2.39 bits per heavy atom. The minimum atomic E-state index is -0.959. The molecule has 94 valence electrons. The van der Waals surface area contributed by atoms with E-state index in [1.54, 1.807) is 6.07 Å². The van der Waals surface area contributed by atoms with E-state index in [1.165, 1.54) is 18.2 Å². The number of anilines is 1. The highest BCUT2D eigenvalue weighted by atomic mass is 35.5. The van der Waals surface area contributed by atoms with Gasteiger partial charge in [0.2, 0.25) is 0 Å². The minimum absolute atomic E-state index is 0.0938. The second kappa shape index (κ2) is 5.31. The van der Waals surface area contributed by atoms with E-state index < -0.39 is 17.5 Å². The normalized spacial score (nSPS) is 10.4. The number of benzene rings is 2. The lowest BCUT2D eigenvalue weighted by atomic mass is 10.2. The van der Waals surface area contributed by atoms with Crippen molar-refractivity contribution in [2.24, 2.45) is 0 Å². The molecule has 0 bridgehead atoms. The second-order valence-electron chi connectivity index (χ2n) is 3.68. The van der Waals surface area contributed by atoms with E-state index in [2.05, 4.69) is 5.32 Å². The summed E-state index contributed by atoms with van der Waals surface area (Å²) in [6.07, 6.45) is 0. The summed E-state index contributed by atoms with van der Waals surface area (Å²) in [7, 11) is 0. The van der Waals surface area contributed by atoms with E-state index in [0.29, 0.717) is 5.69 Å². The molecule has 5 heteroatoms. The van der Waals surface area contributed by atoms with Crippen LogP contribution in [0.2, 0.25) is 5.02 Å². The minimum Gasteiger partial charge on any atom is -0.381 e. The molecule has 0 saturated carbocycles. The van der Waals surface area contributed by atoms with Gasteiger partial charge in [0.05, 0.1) is 0 Å². The van der Waals surface area contributed by atoms with Crippen molar-refractivity contribution in [1.82, 2.24) is 0 Å². The van der Waals surface area contributed by atoms with Crippen LogP contribution in [-0.4, -0.2) is 0 Å². The molecule has 0 atom stereocenters. The van der Waals surface area contributed by atoms with Gasteiger partial charge in [-0.15, -0.1) is 0 Å². The molecule has 1 nitrogen and oxygen atoms in total. The monoisotopic (exact) mass is 271 g/mol. The first-order valence-electron chi connectivity index (χ1n) is 5.20. The molecule has 0 spiro atoms. The molecule has 1 N–H and O–H groups in total. The molecule has 0 radical (unpaired) electrons. The zero-order chi connectivity index (χ0) is 13.1. The summed E-state index contributed by atoms with van der Waals surface area (Å²) < 4.78 is 39.1. The first kappa shape index (κ1) is 12.8. The molecule has 2 rings (SSSR count). The van der Waals surface area contributed by atoms with Crippen molar-refractivity contribution < 1.29 is 13.2 Å². The van der Waals surface area contributed by atoms with Gasteiger partial charge < -0.3 is 5.32 Å². The van der Waals surface area contributed by atoms with Gasteiger partial charge in [-0.2, -0.15) is 0 Å². The Hall–Kier alpha value is -1.68. The highest BCUT2D eigenvalue weighted by Crippen LogP contribution is 2.21. The maximum atomic E-state index is 13.4. The van der Waals surface area contributed by atoms with Crippen molar-refractivity contribution in [2.75, 3.05) is 5.32 Å². The van der Waals surface area contributed by atoms with Crippen molar-refractivity contribution in [3.8, 4) is 0 Å². The Morgan fingerprint density at radius 1 is 0.944 bits per heavy atom. The summed E-state index contributed by atoms with van der Waals surface area (Å²) in [4.78, 5) is 0. The maximum absolute atomic E-state index is 13.4. The lowest BCUT2D eigenvalue weighted by Crippen LogP contribution is -2.03. The van der Waals surface area contributed by atoms with E-state index >= 15 is 0 Å². The van der Waals surface area contributed by atoms with Gasteiger partial charge in [0, 0.05) is 28.9 Å². The number of hydrogen-bond donors (Lipinski definition) is 1. The number of halogens is 4. The lowest BCUT2D eigenvalue weighted by Gasteiger charge is -2.09. The van der Waals surface area contributed by atoms with Gasteiger partial charge in [0.1, 0.15) is 5.82 Å². The molecular weight excluding hydrogens is 263 g/mol. The molecule has 0 aromatic heterocycles. The van der Waals surface area contributed by atoms with E-state index in [9.17, 15) is 13.2 Å². The van der Waals surface area contributed by atoms with Crippen LogP contribution in [-0.2, 0) is 6.54 Å². The topological polar surface area (TPSA) is 12.0 Å². The van der Waals surface area contributed by atoms with Crippen LogP contribution >= 0.6 is 11.6 Å². The summed E-state index contributed by atoms with van der Waals surface area (Å²) in [5.41, 5.74) is 0.636. The summed E-state index contributed by atoms with van der Waals surface area (Å²) in [5.74, 6) is -2.33. The molecule has 0 saturated heterocycles. The van der Waals surface area contributed by atoms with Gasteiger partial charge in [-0.25, -0.2) is 13.2 Å². The second-order valence-corrected chi connectivity index (χ2v) is 4.09. The van der Waals surface area contributed by atoms with Gasteiger partial charge in [-0.3, -0.25) is 0 Å². The average Bonchev–Trinajstić information content (AvgIpc) is 2.33. The van der Waals surface area contributed by atoms with E-state index in [4.69, 9.17) is 11.6 Å². The third-order valence-corrected chi connectivity index (χ3v) is 2.80. The van der Waals surface area contributed by atoms with Crippen molar-refractivity contribution in [3.05, 3.63) is 64.4 Å². The highest BCUT2D eigenvalue weighted by Gasteiger charge is 2.07. The molecule has 0 heterocycles. The highest BCUT2D eigenvalue weighted by molar-refractivity contribution is 6.31. The largest absolute Gasteiger partial charge is 0.381 e. The number of rotatable bonds is 3. The molecular formula is C13H9ClF3N.